The Morgan fingerprint density at radius 2 is 1.56 bits per heavy atom. The number of hydrogen-bond donors (Lipinski definition) is 2. The van der Waals surface area contributed by atoms with Gasteiger partial charge in [-0.25, -0.2) is 4.98 Å². The Kier molecular flexibility index (Phi) is 4.97. The summed E-state index contributed by atoms with van der Waals surface area (Å²) >= 11 is 0. The van der Waals surface area contributed by atoms with Gasteiger partial charge < -0.3 is 10.3 Å². The zero-order valence-electron chi connectivity index (χ0n) is 15.0. The third-order valence-electron chi connectivity index (χ3n) is 4.53. The summed E-state index contributed by atoms with van der Waals surface area (Å²) in [6.45, 7) is 0. The highest BCUT2D eigenvalue weighted by molar-refractivity contribution is 5.92. The number of aromatic amines is 1. The van der Waals surface area contributed by atoms with Gasteiger partial charge in [-0.3, -0.25) is 4.79 Å². The first-order valence-electron chi connectivity index (χ1n) is 9.12. The lowest BCUT2D eigenvalue weighted by molar-refractivity contribution is -0.115. The van der Waals surface area contributed by atoms with E-state index >= 15 is 0 Å². The van der Waals surface area contributed by atoms with Crippen LogP contribution < -0.4 is 5.32 Å². The van der Waals surface area contributed by atoms with Crippen LogP contribution in [0.1, 0.15) is 17.0 Å². The fourth-order valence-electron chi connectivity index (χ4n) is 3.13. The van der Waals surface area contributed by atoms with Gasteiger partial charge in [0.25, 0.3) is 0 Å². The summed E-state index contributed by atoms with van der Waals surface area (Å²) < 4.78 is 0. The molecule has 0 saturated carbocycles. The van der Waals surface area contributed by atoms with Crippen molar-refractivity contribution in [1.82, 2.24) is 9.97 Å². The van der Waals surface area contributed by atoms with E-state index in [1.54, 1.807) is 0 Å². The summed E-state index contributed by atoms with van der Waals surface area (Å²) in [5.41, 5.74) is 5.13. The number of nitrogens with one attached hydrogen (secondary N) is 2. The first-order valence-corrected chi connectivity index (χ1v) is 9.12. The van der Waals surface area contributed by atoms with Gasteiger partial charge in [0.15, 0.2) is 0 Å². The highest BCUT2D eigenvalue weighted by atomic mass is 16.1. The van der Waals surface area contributed by atoms with Crippen LogP contribution in [0.15, 0.2) is 78.9 Å². The molecule has 0 aliphatic carbocycles. The van der Waals surface area contributed by atoms with E-state index in [2.05, 4.69) is 27.4 Å². The lowest BCUT2D eigenvalue weighted by atomic mass is 10.1. The maximum absolute atomic E-state index is 12.1. The second-order valence-electron chi connectivity index (χ2n) is 6.61. The van der Waals surface area contributed by atoms with E-state index in [0.717, 1.165) is 41.0 Å². The maximum atomic E-state index is 12.1. The largest absolute Gasteiger partial charge is 0.342 e. The highest BCUT2D eigenvalue weighted by Gasteiger charge is 2.05. The van der Waals surface area contributed by atoms with Gasteiger partial charge >= 0.3 is 0 Å². The molecule has 0 aliphatic heterocycles. The molecule has 0 bridgehead atoms. The van der Waals surface area contributed by atoms with Crippen molar-refractivity contribution in [2.45, 2.75) is 19.3 Å². The molecule has 4 nitrogen and oxygen atoms in total. The Balaban J connectivity index is 1.32. The molecular formula is C23H21N3O. The van der Waals surface area contributed by atoms with Crippen molar-refractivity contribution in [3.63, 3.8) is 0 Å². The van der Waals surface area contributed by atoms with Gasteiger partial charge in [-0.2, -0.15) is 0 Å². The Morgan fingerprint density at radius 1 is 0.815 bits per heavy atom. The van der Waals surface area contributed by atoms with Crippen molar-refractivity contribution in [3.8, 4) is 0 Å². The molecule has 1 amide bonds. The van der Waals surface area contributed by atoms with Gasteiger partial charge in [0.2, 0.25) is 5.91 Å². The van der Waals surface area contributed by atoms with Crippen molar-refractivity contribution in [3.05, 3.63) is 95.8 Å². The second kappa shape index (κ2) is 7.87. The average molecular weight is 355 g/mol. The topological polar surface area (TPSA) is 57.8 Å². The van der Waals surface area contributed by atoms with Gasteiger partial charge in [0, 0.05) is 12.1 Å². The third kappa shape index (κ3) is 4.42. The number of rotatable bonds is 6. The normalized spacial score (nSPS) is 10.8. The summed E-state index contributed by atoms with van der Waals surface area (Å²) in [6, 6.07) is 25.8. The Labute approximate surface area is 158 Å². The lowest BCUT2D eigenvalue weighted by Crippen LogP contribution is -2.14. The fourth-order valence-corrected chi connectivity index (χ4v) is 3.13. The van der Waals surface area contributed by atoms with Crippen LogP contribution in [0.3, 0.4) is 0 Å². The first kappa shape index (κ1) is 17.0. The zero-order chi connectivity index (χ0) is 18.5. The van der Waals surface area contributed by atoms with Crippen LogP contribution in [0.4, 0.5) is 5.69 Å². The molecule has 4 heteroatoms. The SMILES string of the molecule is O=C(Cc1ccccc1)Nc1ccc(CCc2nc3ccccc3[nH]2)cc1. The number of benzene rings is 3. The van der Waals surface area contributed by atoms with E-state index in [-0.39, 0.29) is 5.91 Å². The number of aryl methyl sites for hydroxylation is 2. The van der Waals surface area contributed by atoms with Crippen molar-refractivity contribution >= 4 is 22.6 Å². The number of anilines is 1. The van der Waals surface area contributed by atoms with E-state index in [0.29, 0.717) is 6.42 Å². The number of hydrogen-bond acceptors (Lipinski definition) is 2. The maximum Gasteiger partial charge on any atom is 0.228 e. The Bertz CT molecular complexity index is 1000. The average Bonchev–Trinajstić information content (AvgIpc) is 3.11. The number of para-hydroxylation sites is 2. The molecule has 4 aromatic rings. The Hall–Kier alpha value is -3.40. The quantitative estimate of drug-likeness (QED) is 0.534. The van der Waals surface area contributed by atoms with Crippen LogP contribution >= 0.6 is 0 Å². The van der Waals surface area contributed by atoms with Crippen LogP contribution in [-0.2, 0) is 24.1 Å². The van der Waals surface area contributed by atoms with Crippen molar-refractivity contribution in [2.75, 3.05) is 5.32 Å². The number of fused-ring (bicyclic) bond motifs is 1. The summed E-state index contributed by atoms with van der Waals surface area (Å²) in [4.78, 5) is 20.1. The molecule has 0 radical (unpaired) electrons. The predicted octanol–water partition coefficient (Wildman–Crippen LogP) is 4.53. The molecule has 1 heterocycles. The smallest absolute Gasteiger partial charge is 0.228 e. The molecule has 2 N–H and O–H groups in total. The van der Waals surface area contributed by atoms with E-state index in [9.17, 15) is 4.79 Å². The predicted molar refractivity (Wildman–Crippen MR) is 109 cm³/mol. The molecule has 0 aliphatic rings. The number of amides is 1. The molecule has 134 valence electrons. The molecule has 0 atom stereocenters. The van der Waals surface area contributed by atoms with Gasteiger partial charge in [0.05, 0.1) is 17.5 Å². The number of carbonyl (C=O) groups excluding carboxylic acids is 1. The third-order valence-corrected chi connectivity index (χ3v) is 4.53. The minimum atomic E-state index is -0.00349. The van der Waals surface area contributed by atoms with Gasteiger partial charge in [-0.15, -0.1) is 0 Å². The van der Waals surface area contributed by atoms with E-state index in [1.807, 2.05) is 66.7 Å². The summed E-state index contributed by atoms with van der Waals surface area (Å²) in [5.74, 6) is 0.993. The zero-order valence-corrected chi connectivity index (χ0v) is 15.0. The first-order chi connectivity index (χ1) is 13.3. The van der Waals surface area contributed by atoms with Crippen molar-refractivity contribution in [2.24, 2.45) is 0 Å². The van der Waals surface area contributed by atoms with Gasteiger partial charge in [-0.1, -0.05) is 54.6 Å². The summed E-state index contributed by atoms with van der Waals surface area (Å²) in [7, 11) is 0. The highest BCUT2D eigenvalue weighted by Crippen LogP contribution is 2.14. The van der Waals surface area contributed by atoms with Crippen LogP contribution in [0, 0.1) is 0 Å². The number of imidazole rings is 1. The molecule has 27 heavy (non-hydrogen) atoms. The van der Waals surface area contributed by atoms with Crippen LogP contribution in [-0.4, -0.2) is 15.9 Å². The molecule has 0 unspecified atom stereocenters. The van der Waals surface area contributed by atoms with Crippen molar-refractivity contribution in [1.29, 1.82) is 0 Å². The molecule has 1 aromatic heterocycles. The monoisotopic (exact) mass is 355 g/mol. The fraction of sp³-hybridized carbons (Fsp3) is 0.130. The van der Waals surface area contributed by atoms with E-state index < -0.39 is 0 Å². The van der Waals surface area contributed by atoms with Gasteiger partial charge in [0.1, 0.15) is 5.82 Å². The van der Waals surface area contributed by atoms with Crippen LogP contribution in [0.5, 0.6) is 0 Å². The second-order valence-corrected chi connectivity index (χ2v) is 6.61. The molecule has 0 spiro atoms. The standard InChI is InChI=1S/C23H21N3O/c27-23(16-18-6-2-1-3-7-18)24-19-13-10-17(11-14-19)12-15-22-25-20-8-4-5-9-21(20)26-22/h1-11,13-14H,12,15-16H2,(H,24,27)(H,25,26). The van der Waals surface area contributed by atoms with Crippen LogP contribution in [0.2, 0.25) is 0 Å². The minimum Gasteiger partial charge on any atom is -0.342 e. The number of H-pyrrole nitrogens is 1. The van der Waals surface area contributed by atoms with Crippen LogP contribution in [0.25, 0.3) is 11.0 Å². The summed E-state index contributed by atoms with van der Waals surface area (Å²) in [6.07, 6.45) is 2.14. The number of carbonyl (C=O) groups is 1. The lowest BCUT2D eigenvalue weighted by Gasteiger charge is -2.07. The number of nitrogens with zero attached hydrogens (tertiary/aromatic N) is 1. The molecular weight excluding hydrogens is 334 g/mol. The molecule has 0 fully saturated rings. The minimum absolute atomic E-state index is 0.00349. The molecule has 3 aromatic carbocycles. The van der Waals surface area contributed by atoms with Gasteiger partial charge in [-0.05, 0) is 41.8 Å². The van der Waals surface area contributed by atoms with E-state index in [4.69, 9.17) is 0 Å². The molecule has 4 rings (SSSR count). The Morgan fingerprint density at radius 3 is 2.33 bits per heavy atom. The molecule has 0 saturated heterocycles. The van der Waals surface area contributed by atoms with Crippen molar-refractivity contribution < 1.29 is 4.79 Å². The number of aromatic nitrogens is 2. The van der Waals surface area contributed by atoms with E-state index in [1.165, 1.54) is 5.56 Å². The summed E-state index contributed by atoms with van der Waals surface area (Å²) in [5, 5.41) is 2.95.